The van der Waals surface area contributed by atoms with Crippen LogP contribution in [0.4, 0.5) is 17.1 Å². The molecule has 2 aliphatic rings. The van der Waals surface area contributed by atoms with Crippen LogP contribution in [-0.4, -0.2) is 0 Å². The average molecular weight is 952 g/mol. The second-order valence-electron chi connectivity index (χ2n) is 20.3. The molecule has 0 N–H and O–H groups in total. The minimum atomic E-state index is -0.547. The van der Waals surface area contributed by atoms with Crippen LogP contribution in [0.2, 0.25) is 0 Å². The minimum absolute atomic E-state index is 0.547. The van der Waals surface area contributed by atoms with E-state index in [0.29, 0.717) is 0 Å². The summed E-state index contributed by atoms with van der Waals surface area (Å²) in [6.07, 6.45) is 0. The zero-order valence-corrected chi connectivity index (χ0v) is 40.8. The molecule has 348 valence electrons. The van der Waals surface area contributed by atoms with Crippen LogP contribution in [0.1, 0.15) is 22.3 Å². The number of furan rings is 1. The highest BCUT2D eigenvalue weighted by molar-refractivity contribution is 6.26. The maximum absolute atomic E-state index is 6.69. The summed E-state index contributed by atoms with van der Waals surface area (Å²) in [5.74, 6) is 0. The minimum Gasteiger partial charge on any atom is -0.456 e. The third kappa shape index (κ3) is 6.08. The number of para-hydroxylation sites is 1. The van der Waals surface area contributed by atoms with Crippen molar-refractivity contribution in [3.8, 4) is 55.6 Å². The lowest BCUT2D eigenvalue weighted by Crippen LogP contribution is -2.26. The predicted octanol–water partition coefficient (Wildman–Crippen LogP) is 19.9. The summed E-state index contributed by atoms with van der Waals surface area (Å²) in [5, 5.41) is 9.69. The van der Waals surface area contributed by atoms with Gasteiger partial charge in [-0.3, -0.25) is 0 Å². The van der Waals surface area contributed by atoms with Gasteiger partial charge in [-0.1, -0.05) is 218 Å². The van der Waals surface area contributed by atoms with E-state index in [-0.39, 0.29) is 0 Å². The molecule has 1 spiro atoms. The molecule has 0 saturated heterocycles. The van der Waals surface area contributed by atoms with Gasteiger partial charge in [-0.2, -0.15) is 0 Å². The fraction of sp³-hybridized carbons (Fsp3) is 0.0137. The molecule has 75 heavy (non-hydrogen) atoms. The molecule has 0 bridgehead atoms. The Labute approximate surface area is 434 Å². The van der Waals surface area contributed by atoms with Crippen molar-refractivity contribution < 1.29 is 4.42 Å². The topological polar surface area (TPSA) is 16.4 Å². The molecule has 1 heterocycles. The number of fused-ring (bicyclic) bond motifs is 19. The van der Waals surface area contributed by atoms with Crippen molar-refractivity contribution in [1.29, 1.82) is 0 Å². The van der Waals surface area contributed by atoms with Gasteiger partial charge < -0.3 is 9.32 Å². The van der Waals surface area contributed by atoms with Gasteiger partial charge in [0.15, 0.2) is 0 Å². The Bertz CT molecular complexity index is 4560. The second kappa shape index (κ2) is 16.1. The van der Waals surface area contributed by atoms with E-state index in [1.807, 2.05) is 0 Å². The van der Waals surface area contributed by atoms with Crippen LogP contribution < -0.4 is 4.90 Å². The van der Waals surface area contributed by atoms with Gasteiger partial charge in [-0.25, -0.2) is 0 Å². The summed E-state index contributed by atoms with van der Waals surface area (Å²) < 4.78 is 6.69. The first-order chi connectivity index (χ1) is 37.2. The van der Waals surface area contributed by atoms with Gasteiger partial charge in [0.05, 0.1) is 11.1 Å². The maximum atomic E-state index is 6.69. The molecular formula is C73H45NO. The van der Waals surface area contributed by atoms with Crippen LogP contribution in [-0.2, 0) is 5.41 Å². The summed E-state index contributed by atoms with van der Waals surface area (Å²) in [6.45, 7) is 0. The van der Waals surface area contributed by atoms with E-state index in [0.717, 1.165) is 55.7 Å². The van der Waals surface area contributed by atoms with Gasteiger partial charge in [0.2, 0.25) is 0 Å². The molecule has 0 amide bonds. The highest BCUT2D eigenvalue weighted by Gasteiger charge is 2.52. The van der Waals surface area contributed by atoms with Crippen molar-refractivity contribution in [2.24, 2.45) is 0 Å². The summed E-state index contributed by atoms with van der Waals surface area (Å²) in [7, 11) is 0. The van der Waals surface area contributed by atoms with Crippen molar-refractivity contribution in [2.75, 3.05) is 4.90 Å². The lowest BCUT2D eigenvalue weighted by atomic mass is 9.70. The Hall–Kier alpha value is -9.76. The van der Waals surface area contributed by atoms with Crippen molar-refractivity contribution in [2.45, 2.75) is 5.41 Å². The SMILES string of the molecule is c1ccc(-c2ccc(-c3ccc(N(c4ccc5c6ccccc6c6ccccc6c5c4)c4cc5c(cc4-c4ccc6c(c4)oc4ccccc46)-c4ccccc4C54c5ccccc5-c5ccccc54)cc3)cc2)cc1. The predicted molar refractivity (Wildman–Crippen MR) is 314 cm³/mol. The number of nitrogens with zero attached hydrogens (tertiary/aromatic N) is 1. The Kier molecular flexibility index (Phi) is 8.99. The van der Waals surface area contributed by atoms with Crippen molar-refractivity contribution in [3.63, 3.8) is 0 Å². The fourth-order valence-electron chi connectivity index (χ4n) is 13.2. The average Bonchev–Trinajstić information content (AvgIpc) is 4.29. The van der Waals surface area contributed by atoms with Crippen LogP contribution in [0.5, 0.6) is 0 Å². The zero-order chi connectivity index (χ0) is 49.2. The molecule has 0 aliphatic heterocycles. The number of rotatable bonds is 6. The fourth-order valence-corrected chi connectivity index (χ4v) is 13.2. The molecule has 2 aliphatic carbocycles. The highest BCUT2D eigenvalue weighted by Crippen LogP contribution is 2.64. The second-order valence-corrected chi connectivity index (χ2v) is 20.3. The van der Waals surface area contributed by atoms with Crippen LogP contribution in [0.3, 0.4) is 0 Å². The van der Waals surface area contributed by atoms with E-state index in [4.69, 9.17) is 4.42 Å². The molecule has 0 saturated carbocycles. The van der Waals surface area contributed by atoms with E-state index in [1.54, 1.807) is 0 Å². The molecule has 1 aromatic heterocycles. The summed E-state index contributed by atoms with van der Waals surface area (Å²) in [4.78, 5) is 2.52. The summed E-state index contributed by atoms with van der Waals surface area (Å²) >= 11 is 0. The van der Waals surface area contributed by atoms with E-state index in [9.17, 15) is 0 Å². The molecular weight excluding hydrogens is 907 g/mol. The van der Waals surface area contributed by atoms with E-state index in [1.165, 1.54) is 93.5 Å². The third-order valence-electron chi connectivity index (χ3n) is 16.5. The van der Waals surface area contributed by atoms with Gasteiger partial charge >= 0.3 is 0 Å². The molecule has 2 heteroatoms. The maximum Gasteiger partial charge on any atom is 0.136 e. The molecule has 0 atom stereocenters. The smallest absolute Gasteiger partial charge is 0.136 e. The number of hydrogen-bond donors (Lipinski definition) is 0. The lowest BCUT2D eigenvalue weighted by Gasteiger charge is -2.33. The molecule has 0 radical (unpaired) electrons. The first kappa shape index (κ1) is 41.8. The quantitative estimate of drug-likeness (QED) is 0.154. The summed E-state index contributed by atoms with van der Waals surface area (Å²) in [6, 6.07) is 101. The van der Waals surface area contributed by atoms with Gasteiger partial charge in [-0.05, 0) is 159 Å². The molecule has 13 aromatic carbocycles. The molecule has 16 rings (SSSR count). The normalized spacial score (nSPS) is 12.9. The molecule has 14 aromatic rings. The van der Waals surface area contributed by atoms with Gasteiger partial charge in [-0.15, -0.1) is 0 Å². The Morgan fingerprint density at radius 3 is 1.28 bits per heavy atom. The van der Waals surface area contributed by atoms with E-state index >= 15 is 0 Å². The first-order valence-corrected chi connectivity index (χ1v) is 26.0. The first-order valence-electron chi connectivity index (χ1n) is 26.0. The monoisotopic (exact) mass is 951 g/mol. The van der Waals surface area contributed by atoms with Crippen LogP contribution in [0, 0.1) is 0 Å². The lowest BCUT2D eigenvalue weighted by molar-refractivity contribution is 0.669. The van der Waals surface area contributed by atoms with Crippen molar-refractivity contribution in [1.82, 2.24) is 0 Å². The van der Waals surface area contributed by atoms with Crippen molar-refractivity contribution >= 4 is 71.3 Å². The Morgan fingerprint density at radius 2 is 0.667 bits per heavy atom. The van der Waals surface area contributed by atoms with Gasteiger partial charge in [0.25, 0.3) is 0 Å². The third-order valence-corrected chi connectivity index (χ3v) is 16.5. The Balaban J connectivity index is 0.989. The van der Waals surface area contributed by atoms with Crippen LogP contribution in [0.25, 0.3) is 110 Å². The van der Waals surface area contributed by atoms with Gasteiger partial charge in [0.1, 0.15) is 11.2 Å². The largest absolute Gasteiger partial charge is 0.456 e. The number of anilines is 3. The molecule has 2 nitrogen and oxygen atoms in total. The van der Waals surface area contributed by atoms with Gasteiger partial charge in [0, 0.05) is 27.7 Å². The standard InChI is InChI=1S/C73H45NO/c1-2-16-46(17-3-1)47-30-32-48(33-31-47)49-34-37-51(38-35-49)74(52-39-41-57-55-20-5-4-18-53(55)54-19-6-7-21-56(54)64(57)43-52)70-45-69-65(44-63(70)50-36-40-62-61-25-11-15-29-71(61)75-72(62)42-50)60-24-10-14-28-68(60)73(69)66-26-12-8-22-58(66)59-23-9-13-27-67(59)73/h1-45H. The molecule has 0 fully saturated rings. The molecule has 0 unspecified atom stereocenters. The van der Waals surface area contributed by atoms with E-state index < -0.39 is 5.41 Å². The van der Waals surface area contributed by atoms with E-state index in [2.05, 4.69) is 278 Å². The van der Waals surface area contributed by atoms with Crippen LogP contribution >= 0.6 is 0 Å². The van der Waals surface area contributed by atoms with Crippen LogP contribution in [0.15, 0.2) is 277 Å². The zero-order valence-electron chi connectivity index (χ0n) is 40.8. The Morgan fingerprint density at radius 1 is 0.240 bits per heavy atom. The van der Waals surface area contributed by atoms with Crippen molar-refractivity contribution in [3.05, 3.63) is 295 Å². The summed E-state index contributed by atoms with van der Waals surface area (Å²) in [5.41, 5.74) is 21.7. The highest BCUT2D eigenvalue weighted by atomic mass is 16.3. The number of hydrogen-bond acceptors (Lipinski definition) is 2. The number of benzene rings is 13.